The van der Waals surface area contributed by atoms with Crippen LogP contribution < -0.4 is 10.0 Å². The van der Waals surface area contributed by atoms with Gasteiger partial charge in [0.15, 0.2) is 0 Å². The van der Waals surface area contributed by atoms with Gasteiger partial charge in [0.05, 0.1) is 10.6 Å². The van der Waals surface area contributed by atoms with E-state index in [2.05, 4.69) is 4.98 Å². The van der Waals surface area contributed by atoms with Gasteiger partial charge in [-0.1, -0.05) is 36.4 Å². The maximum atomic E-state index is 12.2. The maximum Gasteiger partial charge on any atom is 0.238 e. The average molecular weight is 417 g/mol. The van der Waals surface area contributed by atoms with Crippen LogP contribution in [0.5, 0.6) is 0 Å². The topological polar surface area (TPSA) is 93.4 Å². The minimum absolute atomic E-state index is 0.0192. The van der Waals surface area contributed by atoms with Crippen LogP contribution in [0.25, 0.3) is 11.1 Å². The molecule has 1 aliphatic heterocycles. The van der Waals surface area contributed by atoms with E-state index in [1.54, 1.807) is 18.3 Å². The maximum absolute atomic E-state index is 12.2. The van der Waals surface area contributed by atoms with E-state index in [9.17, 15) is 13.2 Å². The summed E-state index contributed by atoms with van der Waals surface area (Å²) in [6, 6.07) is 20.8. The molecule has 150 valence electrons. The van der Waals surface area contributed by atoms with Crippen LogP contribution in [-0.4, -0.2) is 25.7 Å². The van der Waals surface area contributed by atoms with Gasteiger partial charge in [0.25, 0.3) is 0 Å². The fraction of sp³-hybridized carbons (Fsp3) is 0.0435. The largest absolute Gasteiger partial charge is 0.333 e. The molecule has 7 heteroatoms. The number of rotatable bonds is 5. The molecule has 2 heterocycles. The van der Waals surface area contributed by atoms with Gasteiger partial charge in [-0.3, -0.25) is 4.98 Å². The highest BCUT2D eigenvalue weighted by molar-refractivity contribution is 7.89. The number of nitrogens with two attached hydrogens (primary N) is 1. The van der Waals surface area contributed by atoms with Crippen LogP contribution in [0.2, 0.25) is 0 Å². The number of para-hydroxylation sites is 1. The van der Waals surface area contributed by atoms with Crippen molar-refractivity contribution < 1.29 is 13.2 Å². The lowest BCUT2D eigenvalue weighted by Gasteiger charge is -2.33. The van der Waals surface area contributed by atoms with Crippen molar-refractivity contribution in [2.24, 2.45) is 5.14 Å². The standard InChI is InChI=1S/C23H19N3O3S/c24-30(28,29)20-11-9-17(10-12-20)21-14-18(22-8-4-5-13-25-22)15-26(23(21)16-27)19-6-2-1-3-7-19/h1-16,23H,(H2,24,28,29). The van der Waals surface area contributed by atoms with Crippen LogP contribution in [0, 0.1) is 0 Å². The minimum Gasteiger partial charge on any atom is -0.333 e. The Balaban J connectivity index is 1.85. The lowest BCUT2D eigenvalue weighted by atomic mass is 9.91. The highest BCUT2D eigenvalue weighted by Crippen LogP contribution is 2.34. The molecule has 1 aromatic heterocycles. The molecule has 0 bridgehead atoms. The molecule has 0 fully saturated rings. The molecule has 0 saturated heterocycles. The van der Waals surface area contributed by atoms with Crippen molar-refractivity contribution in [1.82, 2.24) is 4.98 Å². The first-order valence-electron chi connectivity index (χ1n) is 9.24. The first-order valence-corrected chi connectivity index (χ1v) is 10.8. The van der Waals surface area contributed by atoms with Crippen LogP contribution >= 0.6 is 0 Å². The molecule has 30 heavy (non-hydrogen) atoms. The van der Waals surface area contributed by atoms with Gasteiger partial charge >= 0.3 is 0 Å². The zero-order chi connectivity index (χ0) is 21.1. The molecule has 1 aliphatic rings. The van der Waals surface area contributed by atoms with Crippen molar-refractivity contribution in [3.63, 3.8) is 0 Å². The van der Waals surface area contributed by atoms with Crippen molar-refractivity contribution in [3.8, 4) is 0 Å². The number of primary sulfonamides is 1. The number of hydrogen-bond acceptors (Lipinski definition) is 5. The minimum atomic E-state index is -3.80. The van der Waals surface area contributed by atoms with Gasteiger partial charge < -0.3 is 9.69 Å². The molecule has 0 radical (unpaired) electrons. The molecule has 0 aliphatic carbocycles. The summed E-state index contributed by atoms with van der Waals surface area (Å²) < 4.78 is 23.2. The second-order valence-electron chi connectivity index (χ2n) is 6.79. The highest BCUT2D eigenvalue weighted by Gasteiger charge is 2.27. The summed E-state index contributed by atoms with van der Waals surface area (Å²) >= 11 is 0. The van der Waals surface area contributed by atoms with Gasteiger partial charge in [0, 0.05) is 23.7 Å². The molecule has 3 aromatic rings. The molecular formula is C23H19N3O3S. The first-order chi connectivity index (χ1) is 14.5. The molecule has 0 saturated carbocycles. The number of benzene rings is 2. The summed E-state index contributed by atoms with van der Waals surface area (Å²) in [7, 11) is -3.80. The Morgan fingerprint density at radius 2 is 1.63 bits per heavy atom. The lowest BCUT2D eigenvalue weighted by Crippen LogP contribution is -2.35. The monoisotopic (exact) mass is 417 g/mol. The number of carbonyl (C=O) groups excluding carboxylic acids is 1. The van der Waals surface area contributed by atoms with E-state index in [4.69, 9.17) is 5.14 Å². The van der Waals surface area contributed by atoms with E-state index in [1.165, 1.54) is 12.1 Å². The summed E-state index contributed by atoms with van der Waals surface area (Å²) in [6.07, 6.45) is 6.40. The number of hydrogen-bond donors (Lipinski definition) is 1. The Morgan fingerprint density at radius 3 is 2.23 bits per heavy atom. The summed E-state index contributed by atoms with van der Waals surface area (Å²) in [4.78, 5) is 18.5. The summed E-state index contributed by atoms with van der Waals surface area (Å²) in [6.45, 7) is 0. The Labute approximate surface area is 175 Å². The molecular weight excluding hydrogens is 398 g/mol. The third-order valence-electron chi connectivity index (χ3n) is 4.87. The number of aromatic nitrogens is 1. The molecule has 2 aromatic carbocycles. The Hall–Kier alpha value is -3.55. The van der Waals surface area contributed by atoms with Gasteiger partial charge in [0.2, 0.25) is 10.0 Å². The Morgan fingerprint density at radius 1 is 0.933 bits per heavy atom. The van der Waals surface area contributed by atoms with Crippen LogP contribution in [0.1, 0.15) is 11.3 Å². The average Bonchev–Trinajstić information content (AvgIpc) is 2.79. The van der Waals surface area contributed by atoms with E-state index in [0.717, 1.165) is 34.4 Å². The smallest absolute Gasteiger partial charge is 0.238 e. The predicted molar refractivity (Wildman–Crippen MR) is 117 cm³/mol. The van der Waals surface area contributed by atoms with Crippen molar-refractivity contribution in [2.45, 2.75) is 10.9 Å². The van der Waals surface area contributed by atoms with Crippen molar-refractivity contribution in [1.29, 1.82) is 0 Å². The van der Waals surface area contributed by atoms with Crippen LogP contribution in [0.4, 0.5) is 5.69 Å². The fourth-order valence-electron chi connectivity index (χ4n) is 3.41. The number of allylic oxidation sites excluding steroid dienone is 2. The summed E-state index contributed by atoms with van der Waals surface area (Å²) in [5.41, 5.74) is 3.92. The predicted octanol–water partition coefficient (Wildman–Crippen LogP) is 3.24. The van der Waals surface area contributed by atoms with Crippen molar-refractivity contribution >= 4 is 33.1 Å². The molecule has 1 atom stereocenters. The number of nitrogens with zero attached hydrogens (tertiary/aromatic N) is 2. The summed E-state index contributed by atoms with van der Waals surface area (Å²) in [5.74, 6) is 0. The summed E-state index contributed by atoms with van der Waals surface area (Å²) in [5, 5.41) is 5.21. The van der Waals surface area contributed by atoms with Crippen LogP contribution in [-0.2, 0) is 14.8 Å². The van der Waals surface area contributed by atoms with E-state index < -0.39 is 16.1 Å². The molecule has 4 rings (SSSR count). The zero-order valence-electron chi connectivity index (χ0n) is 15.9. The molecule has 0 spiro atoms. The van der Waals surface area contributed by atoms with Crippen molar-refractivity contribution in [3.05, 3.63) is 103 Å². The van der Waals surface area contributed by atoms with Gasteiger partial charge in [0.1, 0.15) is 12.3 Å². The van der Waals surface area contributed by atoms with E-state index in [0.29, 0.717) is 0 Å². The third-order valence-corrected chi connectivity index (χ3v) is 5.80. The van der Waals surface area contributed by atoms with E-state index in [1.807, 2.05) is 65.7 Å². The first kappa shape index (κ1) is 19.8. The number of anilines is 1. The van der Waals surface area contributed by atoms with E-state index >= 15 is 0 Å². The molecule has 0 amide bonds. The number of sulfonamides is 1. The second kappa shape index (κ2) is 8.06. The third kappa shape index (κ3) is 3.94. The number of aldehydes is 1. The molecule has 1 unspecified atom stereocenters. The zero-order valence-corrected chi connectivity index (χ0v) is 16.7. The lowest BCUT2D eigenvalue weighted by molar-refractivity contribution is -0.107. The fourth-order valence-corrected chi connectivity index (χ4v) is 3.92. The number of pyridine rings is 1. The van der Waals surface area contributed by atoms with Gasteiger partial charge in [-0.2, -0.15) is 0 Å². The van der Waals surface area contributed by atoms with Gasteiger partial charge in [-0.15, -0.1) is 0 Å². The highest BCUT2D eigenvalue weighted by atomic mass is 32.2. The van der Waals surface area contributed by atoms with Gasteiger partial charge in [-0.05, 0) is 53.6 Å². The molecule has 2 N–H and O–H groups in total. The van der Waals surface area contributed by atoms with Crippen LogP contribution in [0.15, 0.2) is 96.2 Å². The van der Waals surface area contributed by atoms with Crippen LogP contribution in [0.3, 0.4) is 0 Å². The SMILES string of the molecule is NS(=O)(=O)c1ccc(C2=CC(c3ccccn3)=CN(c3ccccc3)C2C=O)cc1. The Kier molecular flexibility index (Phi) is 5.31. The van der Waals surface area contributed by atoms with E-state index in [-0.39, 0.29) is 4.90 Å². The quantitative estimate of drug-likeness (QED) is 0.643. The Bertz CT molecular complexity index is 1220. The normalized spacial score (nSPS) is 16.6. The second-order valence-corrected chi connectivity index (χ2v) is 8.35. The van der Waals surface area contributed by atoms with Crippen molar-refractivity contribution in [2.75, 3.05) is 4.90 Å². The molecule has 6 nitrogen and oxygen atoms in total. The number of carbonyl (C=O) groups is 1. The van der Waals surface area contributed by atoms with Gasteiger partial charge in [-0.25, -0.2) is 13.6 Å².